The van der Waals surface area contributed by atoms with Crippen LogP contribution in [0.1, 0.15) is 27.4 Å². The Balaban J connectivity index is 1.75. The molecule has 7 heteroatoms. The van der Waals surface area contributed by atoms with Gasteiger partial charge in [-0.2, -0.15) is 5.11 Å². The van der Waals surface area contributed by atoms with E-state index in [0.29, 0.717) is 28.4 Å². The zero-order chi connectivity index (χ0) is 18.5. The Morgan fingerprint density at radius 1 is 1.12 bits per heavy atom. The van der Waals surface area contributed by atoms with Crippen molar-refractivity contribution < 1.29 is 19.2 Å². The summed E-state index contributed by atoms with van der Waals surface area (Å²) in [5.41, 5.74) is 2.70. The number of esters is 1. The molecule has 7 nitrogen and oxygen atoms in total. The maximum atomic E-state index is 12.4. The molecule has 0 spiro atoms. The van der Waals surface area contributed by atoms with Gasteiger partial charge in [-0.15, -0.1) is 5.11 Å². The summed E-state index contributed by atoms with van der Waals surface area (Å²) in [6.07, 6.45) is 0. The number of ether oxygens (including phenoxy) is 1. The lowest BCUT2D eigenvalue weighted by Crippen LogP contribution is -2.06. The van der Waals surface area contributed by atoms with E-state index in [1.165, 1.54) is 12.1 Å². The molecule has 0 amide bonds. The van der Waals surface area contributed by atoms with E-state index < -0.39 is 5.97 Å². The minimum atomic E-state index is -0.509. The van der Waals surface area contributed by atoms with Gasteiger partial charge in [0.2, 0.25) is 0 Å². The van der Waals surface area contributed by atoms with Crippen LogP contribution in [0.25, 0.3) is 0 Å². The fourth-order valence-electron chi connectivity index (χ4n) is 2.29. The zero-order valence-corrected chi connectivity index (χ0v) is 14.3. The molecule has 0 unspecified atom stereocenters. The average molecular weight is 351 g/mol. The number of aromatic hydroxyl groups is 1. The van der Waals surface area contributed by atoms with Crippen LogP contribution in [0.4, 0.5) is 11.4 Å². The van der Waals surface area contributed by atoms with E-state index in [2.05, 4.69) is 15.4 Å². The van der Waals surface area contributed by atoms with Crippen molar-refractivity contribution in [3.05, 3.63) is 71.1 Å². The highest BCUT2D eigenvalue weighted by Crippen LogP contribution is 2.24. The van der Waals surface area contributed by atoms with E-state index in [0.717, 1.165) is 5.56 Å². The minimum absolute atomic E-state index is 0.0729. The average Bonchev–Trinajstić information content (AvgIpc) is 2.97. The van der Waals surface area contributed by atoms with Crippen molar-refractivity contribution in [3.8, 4) is 5.75 Å². The summed E-state index contributed by atoms with van der Waals surface area (Å²) >= 11 is 0. The second kappa shape index (κ2) is 7.60. The maximum Gasteiger partial charge on any atom is 0.340 e. The van der Waals surface area contributed by atoms with Gasteiger partial charge in [0.25, 0.3) is 0 Å². The highest BCUT2D eigenvalue weighted by molar-refractivity contribution is 5.94. The van der Waals surface area contributed by atoms with Crippen LogP contribution in [0.3, 0.4) is 0 Å². The Morgan fingerprint density at radius 3 is 2.54 bits per heavy atom. The molecule has 0 atom stereocenters. The van der Waals surface area contributed by atoms with Crippen molar-refractivity contribution in [2.45, 2.75) is 20.5 Å². The molecular formula is C19H17N3O4. The lowest BCUT2D eigenvalue weighted by atomic mass is 10.2. The predicted molar refractivity (Wildman–Crippen MR) is 93.8 cm³/mol. The van der Waals surface area contributed by atoms with Crippen molar-refractivity contribution in [3.63, 3.8) is 0 Å². The third kappa shape index (κ3) is 3.94. The fourth-order valence-corrected chi connectivity index (χ4v) is 2.29. The van der Waals surface area contributed by atoms with Crippen LogP contribution in [-0.4, -0.2) is 16.2 Å². The van der Waals surface area contributed by atoms with Crippen LogP contribution in [-0.2, 0) is 11.3 Å². The van der Waals surface area contributed by atoms with Crippen LogP contribution in [0, 0.1) is 13.8 Å². The Morgan fingerprint density at radius 2 is 1.85 bits per heavy atom. The van der Waals surface area contributed by atoms with Gasteiger partial charge in [-0.25, -0.2) is 4.79 Å². The third-order valence-corrected chi connectivity index (χ3v) is 3.78. The van der Waals surface area contributed by atoms with Crippen molar-refractivity contribution in [2.75, 3.05) is 0 Å². The summed E-state index contributed by atoms with van der Waals surface area (Å²) in [6.45, 7) is 3.63. The van der Waals surface area contributed by atoms with E-state index in [9.17, 15) is 9.90 Å². The molecule has 2 aromatic carbocycles. The van der Waals surface area contributed by atoms with Crippen LogP contribution in [0.15, 0.2) is 63.3 Å². The van der Waals surface area contributed by atoms with Gasteiger partial charge in [0.05, 0.1) is 22.5 Å². The first-order valence-corrected chi connectivity index (χ1v) is 7.93. The Hall–Kier alpha value is -3.48. The Labute approximate surface area is 149 Å². The molecule has 132 valence electrons. The van der Waals surface area contributed by atoms with Crippen LogP contribution in [0.2, 0.25) is 0 Å². The van der Waals surface area contributed by atoms with Gasteiger partial charge in [0.15, 0.2) is 0 Å². The summed E-state index contributed by atoms with van der Waals surface area (Å²) in [5, 5.41) is 21.3. The van der Waals surface area contributed by atoms with Crippen molar-refractivity contribution in [1.82, 2.24) is 5.16 Å². The van der Waals surface area contributed by atoms with Crippen molar-refractivity contribution in [2.24, 2.45) is 10.2 Å². The number of hydrogen-bond acceptors (Lipinski definition) is 7. The lowest BCUT2D eigenvalue weighted by molar-refractivity contribution is 0.0472. The smallest absolute Gasteiger partial charge is 0.340 e. The van der Waals surface area contributed by atoms with E-state index in [-0.39, 0.29) is 12.4 Å². The maximum absolute atomic E-state index is 12.4. The molecule has 26 heavy (non-hydrogen) atoms. The first-order valence-electron chi connectivity index (χ1n) is 7.93. The number of azo groups is 1. The molecule has 0 saturated carbocycles. The van der Waals surface area contributed by atoms with Gasteiger partial charge in [0.1, 0.15) is 23.8 Å². The number of carbonyl (C=O) groups is 1. The summed E-state index contributed by atoms with van der Waals surface area (Å²) < 4.78 is 10.4. The second-order valence-corrected chi connectivity index (χ2v) is 5.61. The molecule has 3 aromatic rings. The second-order valence-electron chi connectivity index (χ2n) is 5.61. The number of phenolic OH excluding ortho intramolecular Hbond substituents is 1. The first kappa shape index (κ1) is 17.3. The fraction of sp³-hybridized carbons (Fsp3) is 0.158. The molecule has 3 rings (SSSR count). The molecule has 0 aliphatic carbocycles. The molecule has 1 N–H and O–H groups in total. The van der Waals surface area contributed by atoms with Gasteiger partial charge in [-0.3, -0.25) is 0 Å². The summed E-state index contributed by atoms with van der Waals surface area (Å²) in [6, 6.07) is 13.1. The predicted octanol–water partition coefficient (Wildman–Crippen LogP) is 4.77. The number of carbonyl (C=O) groups excluding carboxylic acids is 1. The van der Waals surface area contributed by atoms with E-state index >= 15 is 0 Å². The quantitative estimate of drug-likeness (QED) is 0.527. The third-order valence-electron chi connectivity index (χ3n) is 3.78. The van der Waals surface area contributed by atoms with E-state index in [4.69, 9.17) is 9.26 Å². The van der Waals surface area contributed by atoms with Crippen molar-refractivity contribution in [1.29, 1.82) is 0 Å². The molecule has 0 radical (unpaired) electrons. The van der Waals surface area contributed by atoms with Gasteiger partial charge in [-0.1, -0.05) is 17.3 Å². The number of nitrogens with zero attached hydrogens (tertiary/aromatic N) is 3. The summed E-state index contributed by atoms with van der Waals surface area (Å²) in [5.74, 6) is 0.258. The molecule has 0 saturated heterocycles. The van der Waals surface area contributed by atoms with Crippen molar-refractivity contribution >= 4 is 17.3 Å². The van der Waals surface area contributed by atoms with Crippen LogP contribution in [0.5, 0.6) is 5.75 Å². The number of phenols is 1. The first-order chi connectivity index (χ1) is 12.5. The van der Waals surface area contributed by atoms with Gasteiger partial charge < -0.3 is 14.4 Å². The topological polar surface area (TPSA) is 97.3 Å². The van der Waals surface area contributed by atoms with E-state index in [1.807, 2.05) is 0 Å². The normalized spacial score (nSPS) is 11.0. The molecular weight excluding hydrogens is 334 g/mol. The van der Waals surface area contributed by atoms with Crippen LogP contribution < -0.4 is 0 Å². The number of hydrogen-bond donors (Lipinski definition) is 1. The standard InChI is InChI=1S/C19H17N3O4/c1-12-17(13(2)26-22-12)11-25-19(24)16-5-3-4-6-18(16)21-20-14-7-9-15(23)10-8-14/h3-10,23H,11H2,1-2H3. The molecule has 0 aliphatic rings. The lowest BCUT2D eigenvalue weighted by Gasteiger charge is -2.06. The molecule has 0 aliphatic heterocycles. The SMILES string of the molecule is Cc1noc(C)c1COC(=O)c1ccccc1N=Nc1ccc(O)cc1. The minimum Gasteiger partial charge on any atom is -0.508 e. The zero-order valence-electron chi connectivity index (χ0n) is 14.3. The summed E-state index contributed by atoms with van der Waals surface area (Å²) in [4.78, 5) is 12.4. The largest absolute Gasteiger partial charge is 0.508 e. The number of aromatic nitrogens is 1. The summed E-state index contributed by atoms with van der Waals surface area (Å²) in [7, 11) is 0. The number of rotatable bonds is 5. The molecule has 1 heterocycles. The van der Waals surface area contributed by atoms with E-state index in [1.54, 1.807) is 50.2 Å². The molecule has 0 bridgehead atoms. The Bertz CT molecular complexity index is 926. The molecule has 0 fully saturated rings. The highest BCUT2D eigenvalue weighted by atomic mass is 16.5. The van der Waals surface area contributed by atoms with Gasteiger partial charge >= 0.3 is 5.97 Å². The van der Waals surface area contributed by atoms with Gasteiger partial charge in [0, 0.05) is 0 Å². The molecule has 1 aromatic heterocycles. The number of aryl methyl sites for hydroxylation is 2. The number of benzene rings is 2. The van der Waals surface area contributed by atoms with Crippen LogP contribution >= 0.6 is 0 Å². The monoisotopic (exact) mass is 351 g/mol. The highest BCUT2D eigenvalue weighted by Gasteiger charge is 2.15. The Kier molecular flexibility index (Phi) is 5.07. The van der Waals surface area contributed by atoms with Gasteiger partial charge in [-0.05, 0) is 50.2 Å².